The zero-order chi connectivity index (χ0) is 52.1. The summed E-state index contributed by atoms with van der Waals surface area (Å²) in [5.74, 6) is 0.654. The summed E-state index contributed by atoms with van der Waals surface area (Å²) in [7, 11) is 0. The minimum atomic E-state index is -0.0535. The molecule has 0 atom stereocenters. The van der Waals surface area contributed by atoms with E-state index >= 15 is 0 Å². The molecule has 0 saturated heterocycles. The summed E-state index contributed by atoms with van der Waals surface area (Å²) >= 11 is 0. The number of nitrogens with zero attached hydrogens (tertiary/aromatic N) is 5. The summed E-state index contributed by atoms with van der Waals surface area (Å²) in [6.07, 6.45) is 0. The van der Waals surface area contributed by atoms with Crippen molar-refractivity contribution in [3.05, 3.63) is 204 Å². The highest BCUT2D eigenvalue weighted by Gasteiger charge is 2.27. The SMILES string of the molecule is CC(C)(C)c1ccc2c(c1)c1cc(C(C)(C)C)ccc1n2-c1ccc(C#N)cc1-c1cc(-c2cc(-c3ccccc3)nc(-c3ccccc3)n2)ccc1-n1c2ccc(C(C)(C)C)cc2c2cc(C(C)(C)C)ccc21. The zero-order valence-electron chi connectivity index (χ0n) is 45.0. The first-order chi connectivity index (χ1) is 35.2. The zero-order valence-corrected chi connectivity index (χ0v) is 45.0. The second kappa shape index (κ2) is 17.6. The highest BCUT2D eigenvalue weighted by molar-refractivity contribution is 6.12. The van der Waals surface area contributed by atoms with Crippen LogP contribution in [0.15, 0.2) is 176 Å². The second-order valence-corrected chi connectivity index (χ2v) is 24.4. The monoisotopic (exact) mass is 964 g/mol. The average molecular weight is 964 g/mol. The van der Waals surface area contributed by atoms with Crippen LogP contribution in [0.3, 0.4) is 0 Å². The molecule has 0 unspecified atom stereocenters. The van der Waals surface area contributed by atoms with Gasteiger partial charge in [0.15, 0.2) is 5.82 Å². The third-order valence-electron chi connectivity index (χ3n) is 15.0. The van der Waals surface area contributed by atoms with Gasteiger partial charge in [0.2, 0.25) is 0 Å². The minimum absolute atomic E-state index is 0.0510. The van der Waals surface area contributed by atoms with Crippen molar-refractivity contribution in [2.24, 2.45) is 0 Å². The van der Waals surface area contributed by atoms with Crippen molar-refractivity contribution in [3.8, 4) is 62.5 Å². The molecule has 74 heavy (non-hydrogen) atoms. The Balaban J connectivity index is 1.27. The molecule has 11 aromatic rings. The third kappa shape index (κ3) is 8.56. The van der Waals surface area contributed by atoms with Crippen molar-refractivity contribution in [1.29, 1.82) is 5.26 Å². The minimum Gasteiger partial charge on any atom is -0.309 e. The van der Waals surface area contributed by atoms with Gasteiger partial charge in [-0.2, -0.15) is 5.26 Å². The van der Waals surface area contributed by atoms with Gasteiger partial charge >= 0.3 is 0 Å². The Morgan fingerprint density at radius 3 is 1.11 bits per heavy atom. The molecule has 5 nitrogen and oxygen atoms in total. The lowest BCUT2D eigenvalue weighted by Gasteiger charge is -2.22. The molecule has 366 valence electrons. The molecule has 0 saturated carbocycles. The van der Waals surface area contributed by atoms with E-state index in [0.717, 1.165) is 72.6 Å². The smallest absolute Gasteiger partial charge is 0.160 e. The summed E-state index contributed by atoms with van der Waals surface area (Å²) in [5.41, 5.74) is 18.4. The van der Waals surface area contributed by atoms with E-state index in [1.165, 1.54) is 43.8 Å². The van der Waals surface area contributed by atoms with Crippen molar-refractivity contribution in [2.75, 3.05) is 0 Å². The predicted molar refractivity (Wildman–Crippen MR) is 312 cm³/mol. The Morgan fingerprint density at radius 1 is 0.351 bits per heavy atom. The molecular formula is C69H65N5. The maximum atomic E-state index is 10.8. The Bertz CT molecular complexity index is 3840. The molecule has 0 bridgehead atoms. The quantitative estimate of drug-likeness (QED) is 0.167. The number of aromatic nitrogens is 4. The van der Waals surface area contributed by atoms with Crippen molar-refractivity contribution in [3.63, 3.8) is 0 Å². The van der Waals surface area contributed by atoms with Crippen molar-refractivity contribution >= 4 is 43.6 Å². The lowest BCUT2D eigenvalue weighted by molar-refractivity contribution is 0.590. The highest BCUT2D eigenvalue weighted by Crippen LogP contribution is 2.45. The molecule has 0 aliphatic rings. The van der Waals surface area contributed by atoms with E-state index in [4.69, 9.17) is 9.97 Å². The van der Waals surface area contributed by atoms with Gasteiger partial charge in [-0.05, 0) is 129 Å². The van der Waals surface area contributed by atoms with Crippen LogP contribution < -0.4 is 0 Å². The molecule has 0 aliphatic carbocycles. The Labute approximate surface area is 436 Å². The molecule has 5 heteroatoms. The van der Waals surface area contributed by atoms with E-state index in [1.807, 2.05) is 30.3 Å². The van der Waals surface area contributed by atoms with Gasteiger partial charge in [0.05, 0.1) is 56.5 Å². The van der Waals surface area contributed by atoms with E-state index in [9.17, 15) is 5.26 Å². The van der Waals surface area contributed by atoms with E-state index < -0.39 is 0 Å². The van der Waals surface area contributed by atoms with Crippen molar-refractivity contribution < 1.29 is 0 Å². The van der Waals surface area contributed by atoms with E-state index in [1.54, 1.807) is 0 Å². The van der Waals surface area contributed by atoms with E-state index in [2.05, 4.69) is 244 Å². The largest absolute Gasteiger partial charge is 0.309 e. The lowest BCUT2D eigenvalue weighted by atomic mass is 9.85. The molecule has 8 aromatic carbocycles. The summed E-state index contributed by atoms with van der Waals surface area (Å²) in [6, 6.07) is 66.3. The van der Waals surface area contributed by atoms with Crippen LogP contribution >= 0.6 is 0 Å². The fourth-order valence-electron chi connectivity index (χ4n) is 10.6. The van der Waals surface area contributed by atoms with Crippen LogP contribution in [0.1, 0.15) is 111 Å². The molecule has 0 fully saturated rings. The highest BCUT2D eigenvalue weighted by atomic mass is 15.0. The number of rotatable bonds is 6. The molecule has 0 N–H and O–H groups in total. The van der Waals surface area contributed by atoms with Gasteiger partial charge in [0.25, 0.3) is 0 Å². The Hall–Kier alpha value is -8.07. The van der Waals surface area contributed by atoms with Gasteiger partial charge in [0.1, 0.15) is 0 Å². The number of fused-ring (bicyclic) bond motifs is 6. The number of nitriles is 1. The molecule has 11 rings (SSSR count). The lowest BCUT2D eigenvalue weighted by Crippen LogP contribution is -2.10. The number of hydrogen-bond donors (Lipinski definition) is 0. The predicted octanol–water partition coefficient (Wildman–Crippen LogP) is 18.4. The summed E-state index contributed by atoms with van der Waals surface area (Å²) in [4.78, 5) is 10.5. The first-order valence-corrected chi connectivity index (χ1v) is 26.0. The summed E-state index contributed by atoms with van der Waals surface area (Å²) in [5, 5.41) is 15.7. The van der Waals surface area contributed by atoms with Crippen LogP contribution in [0, 0.1) is 11.3 Å². The topological polar surface area (TPSA) is 59.4 Å². The molecule has 0 radical (unpaired) electrons. The fourth-order valence-corrected chi connectivity index (χ4v) is 10.6. The molecular weight excluding hydrogens is 899 g/mol. The molecule has 0 aliphatic heterocycles. The molecule has 0 spiro atoms. The van der Waals surface area contributed by atoms with Crippen molar-refractivity contribution in [2.45, 2.75) is 105 Å². The number of benzene rings is 8. The van der Waals surface area contributed by atoms with Gasteiger partial charge in [-0.25, -0.2) is 9.97 Å². The maximum Gasteiger partial charge on any atom is 0.160 e. The fraction of sp³-hybridized carbons (Fsp3) is 0.232. The van der Waals surface area contributed by atoms with E-state index in [-0.39, 0.29) is 21.7 Å². The first kappa shape index (κ1) is 48.2. The normalized spacial score (nSPS) is 12.6. The van der Waals surface area contributed by atoms with Gasteiger partial charge in [-0.1, -0.05) is 174 Å². The second-order valence-electron chi connectivity index (χ2n) is 24.4. The molecule has 3 aromatic heterocycles. The molecule has 3 heterocycles. The summed E-state index contributed by atoms with van der Waals surface area (Å²) in [6.45, 7) is 27.4. The van der Waals surface area contributed by atoms with Gasteiger partial charge in [-0.15, -0.1) is 0 Å². The van der Waals surface area contributed by atoms with Crippen LogP contribution in [0.25, 0.3) is 100 Å². The van der Waals surface area contributed by atoms with Gasteiger partial charge < -0.3 is 9.13 Å². The van der Waals surface area contributed by atoms with Crippen LogP contribution in [-0.4, -0.2) is 19.1 Å². The average Bonchev–Trinajstić information content (AvgIpc) is 3.89. The summed E-state index contributed by atoms with van der Waals surface area (Å²) < 4.78 is 4.88. The number of hydrogen-bond acceptors (Lipinski definition) is 3. The third-order valence-corrected chi connectivity index (χ3v) is 15.0. The Kier molecular flexibility index (Phi) is 11.4. The van der Waals surface area contributed by atoms with Crippen LogP contribution in [0.2, 0.25) is 0 Å². The van der Waals surface area contributed by atoms with Crippen LogP contribution in [0.5, 0.6) is 0 Å². The standard InChI is InChI=1S/C69H65N5/c1-66(2,3)47-25-31-61-53(37-47)54-38-48(67(4,5)6)26-32-62(54)73(61)59-29-23-43(42-70)35-51(59)52-36-46(58-41-57(44-19-15-13-16-20-44)71-65(72-58)45-21-17-14-18-22-45)24-30-60(52)74-63-33-27-49(68(7,8)9)39-55(63)56-40-50(69(10,11)12)28-34-64(56)74/h13-41H,1-12H3. The molecule has 0 amide bonds. The van der Waals surface area contributed by atoms with Gasteiger partial charge in [-0.3, -0.25) is 0 Å². The maximum absolute atomic E-state index is 10.8. The van der Waals surface area contributed by atoms with Gasteiger partial charge in [0, 0.05) is 49.4 Å². The Morgan fingerprint density at radius 2 is 0.716 bits per heavy atom. The van der Waals surface area contributed by atoms with Crippen LogP contribution in [0.4, 0.5) is 0 Å². The first-order valence-electron chi connectivity index (χ1n) is 26.0. The van der Waals surface area contributed by atoms with Crippen LogP contribution in [-0.2, 0) is 21.7 Å². The van der Waals surface area contributed by atoms with E-state index in [0.29, 0.717) is 11.4 Å². The van der Waals surface area contributed by atoms with Crippen molar-refractivity contribution in [1.82, 2.24) is 19.1 Å².